The van der Waals surface area contributed by atoms with E-state index in [0.717, 1.165) is 6.42 Å². The van der Waals surface area contributed by atoms with E-state index in [1.807, 2.05) is 0 Å². The highest BCUT2D eigenvalue weighted by Crippen LogP contribution is 2.11. The number of hydrogen-bond acceptors (Lipinski definition) is 1. The highest BCUT2D eigenvalue weighted by Gasteiger charge is 1.97. The third kappa shape index (κ3) is 13.4. The number of carbonyl (C=O) groups is 1. The molecule has 0 saturated carbocycles. The monoisotopic (exact) mass is 253 g/mol. The van der Waals surface area contributed by atoms with Crippen LogP contribution in [0.15, 0.2) is 4.99 Å². The summed E-state index contributed by atoms with van der Waals surface area (Å²) in [6.07, 6.45) is 16.7. The van der Waals surface area contributed by atoms with E-state index in [9.17, 15) is 4.79 Å². The predicted molar refractivity (Wildman–Crippen MR) is 80.3 cm³/mol. The van der Waals surface area contributed by atoms with Gasteiger partial charge in [0.05, 0.1) is 0 Å². The minimum absolute atomic E-state index is 0.0356. The van der Waals surface area contributed by atoms with Crippen molar-refractivity contribution >= 4 is 12.1 Å². The molecule has 0 aromatic carbocycles. The van der Waals surface area contributed by atoms with Gasteiger partial charge in [-0.3, -0.25) is 4.79 Å². The first-order valence-electron chi connectivity index (χ1n) is 7.82. The second-order valence-corrected chi connectivity index (χ2v) is 5.07. The smallest absolute Gasteiger partial charge is 0.245 e. The standard InChI is InChI=1S/C16H31NO/c1-3-5-6-7-8-9-10-11-12-13-14-15-16(18)17-4-2/h4H,3,5-15H2,1-2H3. The largest absolute Gasteiger partial charge is 0.273 e. The molecule has 0 aliphatic rings. The second-order valence-electron chi connectivity index (χ2n) is 5.07. The first-order valence-corrected chi connectivity index (χ1v) is 7.82. The van der Waals surface area contributed by atoms with Gasteiger partial charge in [0.1, 0.15) is 0 Å². The quantitative estimate of drug-likeness (QED) is 0.342. The lowest BCUT2D eigenvalue weighted by Crippen LogP contribution is -1.92. The fraction of sp³-hybridized carbons (Fsp3) is 0.875. The van der Waals surface area contributed by atoms with Crippen molar-refractivity contribution < 1.29 is 4.79 Å². The van der Waals surface area contributed by atoms with Crippen molar-refractivity contribution in [1.29, 1.82) is 0 Å². The van der Waals surface area contributed by atoms with E-state index in [1.54, 1.807) is 13.1 Å². The molecule has 0 spiro atoms. The van der Waals surface area contributed by atoms with E-state index >= 15 is 0 Å². The fourth-order valence-corrected chi connectivity index (χ4v) is 2.15. The summed E-state index contributed by atoms with van der Waals surface area (Å²) in [5, 5.41) is 0. The van der Waals surface area contributed by atoms with Crippen molar-refractivity contribution in [2.75, 3.05) is 0 Å². The van der Waals surface area contributed by atoms with Gasteiger partial charge in [-0.2, -0.15) is 0 Å². The lowest BCUT2D eigenvalue weighted by atomic mass is 10.1. The molecule has 0 bridgehead atoms. The number of carbonyl (C=O) groups excluding carboxylic acids is 1. The van der Waals surface area contributed by atoms with E-state index in [0.29, 0.717) is 6.42 Å². The molecule has 0 fully saturated rings. The number of amides is 1. The average Bonchev–Trinajstić information content (AvgIpc) is 2.36. The van der Waals surface area contributed by atoms with E-state index < -0.39 is 0 Å². The summed E-state index contributed by atoms with van der Waals surface area (Å²) in [6.45, 7) is 4.05. The summed E-state index contributed by atoms with van der Waals surface area (Å²) in [5.74, 6) is 0.0356. The van der Waals surface area contributed by atoms with E-state index in [2.05, 4.69) is 11.9 Å². The Balaban J connectivity index is 3.05. The van der Waals surface area contributed by atoms with Crippen molar-refractivity contribution in [2.24, 2.45) is 4.99 Å². The van der Waals surface area contributed by atoms with Crippen molar-refractivity contribution in [3.63, 3.8) is 0 Å². The number of hydrogen-bond donors (Lipinski definition) is 0. The Labute approximate surface area is 113 Å². The van der Waals surface area contributed by atoms with Crippen LogP contribution in [0.25, 0.3) is 0 Å². The molecule has 0 aromatic heterocycles. The van der Waals surface area contributed by atoms with Gasteiger partial charge in [-0.1, -0.05) is 71.1 Å². The first kappa shape index (κ1) is 17.3. The Hall–Kier alpha value is -0.660. The van der Waals surface area contributed by atoms with Crippen molar-refractivity contribution in [1.82, 2.24) is 0 Å². The third-order valence-electron chi connectivity index (χ3n) is 3.27. The molecule has 0 atom stereocenters. The molecule has 0 rings (SSSR count). The Morgan fingerprint density at radius 3 is 1.72 bits per heavy atom. The predicted octanol–water partition coefficient (Wildman–Crippen LogP) is 5.30. The molecule has 0 aromatic rings. The van der Waals surface area contributed by atoms with Crippen LogP contribution < -0.4 is 0 Å². The Morgan fingerprint density at radius 1 is 0.833 bits per heavy atom. The molecule has 2 nitrogen and oxygen atoms in total. The van der Waals surface area contributed by atoms with Crippen molar-refractivity contribution in [3.8, 4) is 0 Å². The molecule has 106 valence electrons. The van der Waals surface area contributed by atoms with Gasteiger partial charge in [0.2, 0.25) is 5.91 Å². The van der Waals surface area contributed by atoms with Gasteiger partial charge < -0.3 is 0 Å². The molecular weight excluding hydrogens is 222 g/mol. The highest BCUT2D eigenvalue weighted by atomic mass is 16.1. The topological polar surface area (TPSA) is 29.4 Å². The van der Waals surface area contributed by atoms with Crippen LogP contribution in [-0.4, -0.2) is 12.1 Å². The zero-order valence-corrected chi connectivity index (χ0v) is 12.4. The molecule has 2 heteroatoms. The van der Waals surface area contributed by atoms with Crippen LogP contribution in [0.1, 0.15) is 90.9 Å². The summed E-state index contributed by atoms with van der Waals surface area (Å²) >= 11 is 0. The van der Waals surface area contributed by atoms with E-state index in [1.165, 1.54) is 64.2 Å². The minimum Gasteiger partial charge on any atom is -0.273 e. The molecule has 18 heavy (non-hydrogen) atoms. The lowest BCUT2D eigenvalue weighted by Gasteiger charge is -2.01. The van der Waals surface area contributed by atoms with Gasteiger partial charge in [0.25, 0.3) is 0 Å². The molecule has 0 heterocycles. The van der Waals surface area contributed by atoms with Gasteiger partial charge in [0, 0.05) is 12.6 Å². The third-order valence-corrected chi connectivity index (χ3v) is 3.27. The number of nitrogens with zero attached hydrogens (tertiary/aromatic N) is 1. The molecule has 0 radical (unpaired) electrons. The van der Waals surface area contributed by atoms with Crippen LogP contribution in [0.5, 0.6) is 0 Å². The molecular formula is C16H31NO. The zero-order valence-electron chi connectivity index (χ0n) is 12.4. The Kier molecular flexibility index (Phi) is 13.9. The fourth-order valence-electron chi connectivity index (χ4n) is 2.15. The minimum atomic E-state index is 0.0356. The van der Waals surface area contributed by atoms with Crippen LogP contribution in [0.2, 0.25) is 0 Å². The Bertz CT molecular complexity index is 211. The maximum absolute atomic E-state index is 11.1. The van der Waals surface area contributed by atoms with Crippen molar-refractivity contribution in [3.05, 3.63) is 0 Å². The van der Waals surface area contributed by atoms with Crippen LogP contribution in [-0.2, 0) is 4.79 Å². The number of aliphatic imine (C=N–C) groups is 1. The number of rotatable bonds is 12. The summed E-state index contributed by atoms with van der Waals surface area (Å²) in [4.78, 5) is 14.8. The van der Waals surface area contributed by atoms with Crippen LogP contribution >= 0.6 is 0 Å². The molecule has 1 amide bonds. The van der Waals surface area contributed by atoms with Gasteiger partial charge in [-0.25, -0.2) is 4.99 Å². The van der Waals surface area contributed by atoms with E-state index in [-0.39, 0.29) is 5.91 Å². The summed E-state index contributed by atoms with van der Waals surface area (Å²) in [7, 11) is 0. The van der Waals surface area contributed by atoms with Crippen LogP contribution in [0.3, 0.4) is 0 Å². The first-order chi connectivity index (χ1) is 8.81. The SMILES string of the molecule is CC=NC(=O)CCCCCCCCCCCCC. The molecule has 0 N–H and O–H groups in total. The van der Waals surface area contributed by atoms with Crippen molar-refractivity contribution in [2.45, 2.75) is 90.9 Å². The van der Waals surface area contributed by atoms with Gasteiger partial charge >= 0.3 is 0 Å². The molecule has 0 unspecified atom stereocenters. The van der Waals surface area contributed by atoms with Gasteiger partial charge in [0.15, 0.2) is 0 Å². The van der Waals surface area contributed by atoms with Crippen LogP contribution in [0, 0.1) is 0 Å². The lowest BCUT2D eigenvalue weighted by molar-refractivity contribution is -0.117. The maximum atomic E-state index is 11.1. The van der Waals surface area contributed by atoms with E-state index in [4.69, 9.17) is 0 Å². The maximum Gasteiger partial charge on any atom is 0.245 e. The normalized spacial score (nSPS) is 11.2. The summed E-state index contributed by atoms with van der Waals surface area (Å²) < 4.78 is 0. The molecule has 0 saturated heterocycles. The number of unbranched alkanes of at least 4 members (excludes halogenated alkanes) is 10. The van der Waals surface area contributed by atoms with Gasteiger partial charge in [-0.15, -0.1) is 0 Å². The average molecular weight is 253 g/mol. The summed E-state index contributed by atoms with van der Waals surface area (Å²) in [6, 6.07) is 0. The molecule has 0 aliphatic carbocycles. The van der Waals surface area contributed by atoms with Gasteiger partial charge in [-0.05, 0) is 13.3 Å². The highest BCUT2D eigenvalue weighted by molar-refractivity contribution is 5.84. The summed E-state index contributed by atoms with van der Waals surface area (Å²) in [5.41, 5.74) is 0. The second kappa shape index (κ2) is 14.4. The van der Waals surface area contributed by atoms with Crippen LogP contribution in [0.4, 0.5) is 0 Å². The Morgan fingerprint density at radius 2 is 1.28 bits per heavy atom. The zero-order chi connectivity index (χ0) is 13.5. The molecule has 0 aliphatic heterocycles.